The molecule has 0 fully saturated rings. The van der Waals surface area contributed by atoms with Crippen molar-refractivity contribution >= 4 is 0 Å². The largest absolute Gasteiger partial charge is 0.0798 e. The van der Waals surface area contributed by atoms with Crippen molar-refractivity contribution in [2.45, 2.75) is 65.2 Å². The van der Waals surface area contributed by atoms with Gasteiger partial charge in [-0.3, -0.25) is 0 Å². The Bertz CT molecular complexity index is 210. The fourth-order valence-corrected chi connectivity index (χ4v) is 2.15. The molecule has 0 aromatic carbocycles. The number of rotatable bonds is 8. The summed E-state index contributed by atoms with van der Waals surface area (Å²) in [5.74, 6) is 0.731. The topological polar surface area (TPSA) is 0 Å². The molecule has 0 spiro atoms. The molecule has 1 radical (unpaired) electrons. The Morgan fingerprint density at radius 1 is 1.20 bits per heavy atom. The Morgan fingerprint density at radius 3 is 2.60 bits per heavy atom. The molecule has 0 saturated heterocycles. The molecule has 15 heavy (non-hydrogen) atoms. The highest BCUT2D eigenvalue weighted by molar-refractivity contribution is 5.24. The Labute approximate surface area is 95.5 Å². The van der Waals surface area contributed by atoms with Crippen LogP contribution >= 0.6 is 0 Å². The summed E-state index contributed by atoms with van der Waals surface area (Å²) >= 11 is 0. The fourth-order valence-electron chi connectivity index (χ4n) is 2.15. The Balaban J connectivity index is 1.97. The second-order valence-electron chi connectivity index (χ2n) is 4.70. The first-order valence-corrected chi connectivity index (χ1v) is 6.62. The maximum absolute atomic E-state index is 3.42. The van der Waals surface area contributed by atoms with Gasteiger partial charge in [0.1, 0.15) is 0 Å². The summed E-state index contributed by atoms with van der Waals surface area (Å²) < 4.78 is 0. The molecule has 0 N–H and O–H groups in total. The summed E-state index contributed by atoms with van der Waals surface area (Å²) in [6, 6.07) is 0. The van der Waals surface area contributed by atoms with Crippen LogP contribution in [0.2, 0.25) is 0 Å². The van der Waals surface area contributed by atoms with Crippen LogP contribution in [0.5, 0.6) is 0 Å². The van der Waals surface area contributed by atoms with E-state index in [0.717, 1.165) is 12.3 Å². The molecular formula is C15H25. The van der Waals surface area contributed by atoms with Gasteiger partial charge in [-0.25, -0.2) is 0 Å². The summed E-state index contributed by atoms with van der Waals surface area (Å²) in [5, 5.41) is 0. The number of hydrogen-bond donors (Lipinski definition) is 0. The van der Waals surface area contributed by atoms with Gasteiger partial charge in [-0.15, -0.1) is 0 Å². The third-order valence-electron chi connectivity index (χ3n) is 3.24. The van der Waals surface area contributed by atoms with Crippen LogP contribution in [0.4, 0.5) is 0 Å². The molecular weight excluding hydrogens is 180 g/mol. The van der Waals surface area contributed by atoms with Gasteiger partial charge in [0.2, 0.25) is 0 Å². The van der Waals surface area contributed by atoms with Crippen LogP contribution in [0.25, 0.3) is 0 Å². The van der Waals surface area contributed by atoms with Crippen LogP contribution < -0.4 is 0 Å². The Hall–Kier alpha value is -0.520. The van der Waals surface area contributed by atoms with Crippen molar-refractivity contribution < 1.29 is 0 Å². The van der Waals surface area contributed by atoms with E-state index < -0.39 is 0 Å². The van der Waals surface area contributed by atoms with Crippen LogP contribution in [-0.4, -0.2) is 0 Å². The van der Waals surface area contributed by atoms with Crippen molar-refractivity contribution in [3.8, 4) is 0 Å². The molecule has 1 unspecified atom stereocenters. The van der Waals surface area contributed by atoms with E-state index in [1.165, 1.54) is 50.5 Å². The first kappa shape index (κ1) is 12.5. The van der Waals surface area contributed by atoms with Crippen molar-refractivity contribution in [2.75, 3.05) is 0 Å². The van der Waals surface area contributed by atoms with Crippen molar-refractivity contribution in [3.63, 3.8) is 0 Å². The van der Waals surface area contributed by atoms with Crippen LogP contribution in [-0.2, 0) is 0 Å². The van der Waals surface area contributed by atoms with E-state index >= 15 is 0 Å². The summed E-state index contributed by atoms with van der Waals surface area (Å²) in [4.78, 5) is 0. The van der Waals surface area contributed by atoms with E-state index in [2.05, 4.69) is 32.1 Å². The molecule has 0 aromatic heterocycles. The molecule has 0 heterocycles. The van der Waals surface area contributed by atoms with E-state index in [1.807, 2.05) is 0 Å². The summed E-state index contributed by atoms with van der Waals surface area (Å²) in [6.45, 7) is 4.61. The number of unbranched alkanes of at least 4 members (excludes halogenated alkanes) is 5. The molecule has 0 amide bonds. The van der Waals surface area contributed by atoms with Crippen molar-refractivity contribution in [2.24, 2.45) is 5.92 Å². The van der Waals surface area contributed by atoms with Gasteiger partial charge in [0, 0.05) is 0 Å². The molecule has 1 atom stereocenters. The predicted octanol–water partition coefficient (Wildman–Crippen LogP) is 5.06. The van der Waals surface area contributed by atoms with Crippen LogP contribution in [0.15, 0.2) is 17.7 Å². The second-order valence-corrected chi connectivity index (χ2v) is 4.70. The summed E-state index contributed by atoms with van der Waals surface area (Å²) in [5.41, 5.74) is 1.45. The van der Waals surface area contributed by atoms with E-state index in [1.54, 1.807) is 0 Å². The number of hydrogen-bond acceptors (Lipinski definition) is 0. The predicted molar refractivity (Wildman–Crippen MR) is 67.7 cm³/mol. The Morgan fingerprint density at radius 2 is 1.93 bits per heavy atom. The summed E-state index contributed by atoms with van der Waals surface area (Å²) in [6.07, 6.45) is 18.7. The number of allylic oxidation sites excluding steroid dienone is 4. The van der Waals surface area contributed by atoms with Gasteiger partial charge < -0.3 is 0 Å². The lowest BCUT2D eigenvalue weighted by molar-refractivity contribution is 0.533. The van der Waals surface area contributed by atoms with Gasteiger partial charge in [0.15, 0.2) is 0 Å². The molecule has 1 aliphatic carbocycles. The lowest BCUT2D eigenvalue weighted by Crippen LogP contribution is -1.96. The zero-order chi connectivity index (χ0) is 10.9. The monoisotopic (exact) mass is 205 g/mol. The van der Waals surface area contributed by atoms with Gasteiger partial charge in [0.25, 0.3) is 0 Å². The molecule has 0 nitrogen and oxygen atoms in total. The Kier molecular flexibility index (Phi) is 6.47. The van der Waals surface area contributed by atoms with Gasteiger partial charge in [-0.05, 0) is 30.4 Å². The van der Waals surface area contributed by atoms with Crippen molar-refractivity contribution in [1.29, 1.82) is 0 Å². The molecule has 0 heteroatoms. The van der Waals surface area contributed by atoms with Crippen LogP contribution in [0, 0.1) is 12.0 Å². The highest BCUT2D eigenvalue weighted by Gasteiger charge is 2.07. The highest BCUT2D eigenvalue weighted by Crippen LogP contribution is 2.23. The fraction of sp³-hybridized carbons (Fsp3) is 0.733. The highest BCUT2D eigenvalue weighted by atomic mass is 14.1. The lowest BCUT2D eigenvalue weighted by Gasteiger charge is -2.10. The first-order chi connectivity index (χ1) is 7.34. The van der Waals surface area contributed by atoms with E-state index in [-0.39, 0.29) is 0 Å². The van der Waals surface area contributed by atoms with Gasteiger partial charge in [-0.2, -0.15) is 0 Å². The van der Waals surface area contributed by atoms with E-state index in [4.69, 9.17) is 0 Å². The zero-order valence-corrected chi connectivity index (χ0v) is 10.4. The molecule has 0 aromatic rings. The molecule has 1 aliphatic rings. The molecule has 0 bridgehead atoms. The molecule has 0 saturated carbocycles. The van der Waals surface area contributed by atoms with Crippen LogP contribution in [0.3, 0.4) is 0 Å². The SMILES string of the molecule is CCCCCCCCC(C)C1=[C]CC=C1. The minimum Gasteiger partial charge on any atom is -0.0798 e. The minimum absolute atomic E-state index is 0.731. The molecule has 85 valence electrons. The zero-order valence-electron chi connectivity index (χ0n) is 10.4. The van der Waals surface area contributed by atoms with Gasteiger partial charge >= 0.3 is 0 Å². The average Bonchev–Trinajstić information content (AvgIpc) is 2.76. The minimum atomic E-state index is 0.731. The average molecular weight is 205 g/mol. The quantitative estimate of drug-likeness (QED) is 0.486. The third kappa shape index (κ3) is 5.20. The third-order valence-corrected chi connectivity index (χ3v) is 3.24. The lowest BCUT2D eigenvalue weighted by atomic mass is 9.95. The smallest absolute Gasteiger partial charge is 0.00884 e. The normalized spacial score (nSPS) is 16.8. The van der Waals surface area contributed by atoms with E-state index in [9.17, 15) is 0 Å². The van der Waals surface area contributed by atoms with Crippen molar-refractivity contribution in [3.05, 3.63) is 23.8 Å². The standard InChI is InChI=1S/C15H25/c1-3-4-5-6-7-8-11-14(2)15-12-9-10-13-15/h9,12,14H,3-8,10-11H2,1-2H3. The first-order valence-electron chi connectivity index (χ1n) is 6.62. The molecule has 1 rings (SSSR count). The van der Waals surface area contributed by atoms with Gasteiger partial charge in [-0.1, -0.05) is 64.5 Å². The van der Waals surface area contributed by atoms with E-state index in [0.29, 0.717) is 0 Å². The van der Waals surface area contributed by atoms with Gasteiger partial charge in [0.05, 0.1) is 0 Å². The maximum Gasteiger partial charge on any atom is -0.00884 e. The maximum atomic E-state index is 3.42. The van der Waals surface area contributed by atoms with Crippen molar-refractivity contribution in [1.82, 2.24) is 0 Å². The summed E-state index contributed by atoms with van der Waals surface area (Å²) in [7, 11) is 0. The molecule has 0 aliphatic heterocycles. The second kappa shape index (κ2) is 7.73. The van der Waals surface area contributed by atoms with Crippen LogP contribution in [0.1, 0.15) is 65.2 Å².